The van der Waals surface area contributed by atoms with E-state index in [2.05, 4.69) is 0 Å². The van der Waals surface area contributed by atoms with Gasteiger partial charge < -0.3 is 5.11 Å². The summed E-state index contributed by atoms with van der Waals surface area (Å²) in [6.45, 7) is 0.571. The second kappa shape index (κ2) is 2.07. The van der Waals surface area contributed by atoms with Gasteiger partial charge in [-0.05, 0) is 6.92 Å². The Balaban J connectivity index is 3.55. The Bertz CT molecular complexity index is 94.7. The van der Waals surface area contributed by atoms with E-state index in [-0.39, 0.29) is 0 Å². The summed E-state index contributed by atoms with van der Waals surface area (Å²) in [6.07, 6.45) is -1.09. The van der Waals surface area contributed by atoms with Crippen LogP contribution in [0.15, 0.2) is 0 Å². The van der Waals surface area contributed by atoms with Gasteiger partial charge in [-0.1, -0.05) is 0 Å². The van der Waals surface area contributed by atoms with E-state index >= 15 is 0 Å². The maximum absolute atomic E-state index is 11.6. The van der Waals surface area contributed by atoms with Crippen LogP contribution in [0.1, 0.15) is 13.3 Å². The minimum atomic E-state index is -3.08. The van der Waals surface area contributed by atoms with Crippen molar-refractivity contribution < 1.29 is 18.7 Å². The lowest BCUT2D eigenvalue weighted by Crippen LogP contribution is -2.15. The predicted molar refractivity (Wildman–Crippen MR) is 22.9 cm³/mol. The fraction of sp³-hybridized carbons (Fsp3) is 0.750. The highest BCUT2D eigenvalue weighted by molar-refractivity contribution is 5.67. The van der Waals surface area contributed by atoms with E-state index in [1.165, 1.54) is 0 Å². The molecule has 0 unspecified atom stereocenters. The number of hydrogen-bond donors (Lipinski definition) is 1. The molecule has 1 N–H and O–H groups in total. The molecule has 0 aliphatic carbocycles. The smallest absolute Gasteiger partial charge is 0.309 e. The van der Waals surface area contributed by atoms with Gasteiger partial charge in [0.1, 0.15) is 6.42 Å². The molecule has 0 aromatic heterocycles. The van der Waals surface area contributed by atoms with Gasteiger partial charge in [0.15, 0.2) is 0 Å². The summed E-state index contributed by atoms with van der Waals surface area (Å²) in [4.78, 5) is 9.53. The molecule has 0 fully saturated rings. The highest BCUT2D eigenvalue weighted by Gasteiger charge is 2.24. The zero-order valence-corrected chi connectivity index (χ0v) is 4.32. The molecule has 0 atom stereocenters. The van der Waals surface area contributed by atoms with Gasteiger partial charge in [0.2, 0.25) is 0 Å². The molecule has 0 bridgehead atoms. The molecule has 4 heteroatoms. The van der Waals surface area contributed by atoms with Gasteiger partial charge in [-0.15, -0.1) is 0 Å². The number of carboxylic acids is 1. The average molecular weight is 124 g/mol. The van der Waals surface area contributed by atoms with Crippen molar-refractivity contribution >= 4 is 5.97 Å². The second-order valence-corrected chi connectivity index (χ2v) is 1.64. The minimum absolute atomic E-state index is 0.571. The third-order valence-corrected chi connectivity index (χ3v) is 0.462. The third-order valence-electron chi connectivity index (χ3n) is 0.462. The summed E-state index contributed by atoms with van der Waals surface area (Å²) in [5.74, 6) is -4.55. The molecule has 2 nitrogen and oxygen atoms in total. The number of halogens is 2. The first-order chi connectivity index (χ1) is 3.42. The number of aliphatic carboxylic acids is 1. The maximum atomic E-state index is 11.6. The summed E-state index contributed by atoms with van der Waals surface area (Å²) in [7, 11) is 0. The second-order valence-electron chi connectivity index (χ2n) is 1.64. The standard InChI is InChI=1S/C4H6F2O2/c1-4(5,6)2-3(7)8/h2H2,1H3,(H,7,8). The van der Waals surface area contributed by atoms with Gasteiger partial charge in [-0.3, -0.25) is 4.79 Å². The van der Waals surface area contributed by atoms with Gasteiger partial charge in [0, 0.05) is 0 Å². The summed E-state index contributed by atoms with van der Waals surface area (Å²) < 4.78 is 23.2. The molecule has 0 aliphatic rings. The molecule has 48 valence electrons. The van der Waals surface area contributed by atoms with Gasteiger partial charge in [-0.25, -0.2) is 8.78 Å². The van der Waals surface area contributed by atoms with Crippen LogP contribution in [0.2, 0.25) is 0 Å². The molecular weight excluding hydrogens is 118 g/mol. The van der Waals surface area contributed by atoms with Crippen molar-refractivity contribution in [1.82, 2.24) is 0 Å². The van der Waals surface area contributed by atoms with Crippen LogP contribution in [-0.4, -0.2) is 17.0 Å². The van der Waals surface area contributed by atoms with Crippen LogP contribution in [0.5, 0.6) is 0 Å². The Labute approximate surface area is 45.1 Å². The van der Waals surface area contributed by atoms with Crippen molar-refractivity contribution in [3.05, 3.63) is 0 Å². The molecule has 0 heterocycles. The number of carboxylic acid groups (broad SMARTS) is 1. The van der Waals surface area contributed by atoms with E-state index < -0.39 is 18.3 Å². The summed E-state index contributed by atoms with van der Waals surface area (Å²) >= 11 is 0. The van der Waals surface area contributed by atoms with Crippen LogP contribution in [0.25, 0.3) is 0 Å². The number of rotatable bonds is 2. The van der Waals surface area contributed by atoms with Crippen LogP contribution in [0.3, 0.4) is 0 Å². The zero-order chi connectivity index (χ0) is 6.78. The summed E-state index contributed by atoms with van der Waals surface area (Å²) in [5, 5.41) is 7.77. The van der Waals surface area contributed by atoms with Crippen LogP contribution < -0.4 is 0 Å². The molecule has 0 aliphatic heterocycles. The molecule has 0 aromatic rings. The first kappa shape index (κ1) is 7.33. The summed E-state index contributed by atoms with van der Waals surface area (Å²) in [5.41, 5.74) is 0. The number of alkyl halides is 2. The normalized spacial score (nSPS) is 11.4. The predicted octanol–water partition coefficient (Wildman–Crippen LogP) is 1.12. The highest BCUT2D eigenvalue weighted by Crippen LogP contribution is 2.15. The first-order valence-electron chi connectivity index (χ1n) is 2.01. The first-order valence-corrected chi connectivity index (χ1v) is 2.01. The van der Waals surface area contributed by atoms with Gasteiger partial charge in [-0.2, -0.15) is 0 Å². The lowest BCUT2D eigenvalue weighted by atomic mass is 10.3. The van der Waals surface area contributed by atoms with Crippen molar-refractivity contribution in [2.75, 3.05) is 0 Å². The van der Waals surface area contributed by atoms with Gasteiger partial charge >= 0.3 is 5.97 Å². The average Bonchev–Trinajstić information content (AvgIpc) is 1.21. The molecule has 0 spiro atoms. The van der Waals surface area contributed by atoms with E-state index in [9.17, 15) is 13.6 Å². The van der Waals surface area contributed by atoms with Crippen LogP contribution in [0, 0.1) is 0 Å². The molecule has 0 saturated heterocycles. The van der Waals surface area contributed by atoms with Crippen molar-refractivity contribution in [3.63, 3.8) is 0 Å². The monoisotopic (exact) mass is 124 g/mol. The molecule has 0 aromatic carbocycles. The van der Waals surface area contributed by atoms with Crippen molar-refractivity contribution in [2.45, 2.75) is 19.3 Å². The largest absolute Gasteiger partial charge is 0.481 e. The Hall–Kier alpha value is -0.670. The van der Waals surface area contributed by atoms with Crippen molar-refractivity contribution in [2.24, 2.45) is 0 Å². The minimum Gasteiger partial charge on any atom is -0.481 e. The number of carbonyl (C=O) groups is 1. The molecule has 0 rings (SSSR count). The molecule has 0 saturated carbocycles. The van der Waals surface area contributed by atoms with Crippen molar-refractivity contribution in [3.8, 4) is 0 Å². The van der Waals surface area contributed by atoms with E-state index in [0.29, 0.717) is 6.92 Å². The lowest BCUT2D eigenvalue weighted by molar-refractivity contribution is -0.143. The molecular formula is C4H6F2O2. The molecule has 8 heavy (non-hydrogen) atoms. The van der Waals surface area contributed by atoms with Gasteiger partial charge in [0.05, 0.1) is 0 Å². The number of hydrogen-bond acceptors (Lipinski definition) is 1. The van der Waals surface area contributed by atoms with Crippen molar-refractivity contribution in [1.29, 1.82) is 0 Å². The van der Waals surface area contributed by atoms with E-state index in [1.807, 2.05) is 0 Å². The maximum Gasteiger partial charge on any atom is 0.309 e. The van der Waals surface area contributed by atoms with Crippen LogP contribution >= 0.6 is 0 Å². The zero-order valence-electron chi connectivity index (χ0n) is 4.32. The molecule has 0 radical (unpaired) electrons. The summed E-state index contributed by atoms with van der Waals surface area (Å²) in [6, 6.07) is 0. The van der Waals surface area contributed by atoms with Gasteiger partial charge in [0.25, 0.3) is 5.92 Å². The van der Waals surface area contributed by atoms with Crippen LogP contribution in [-0.2, 0) is 4.79 Å². The Morgan fingerprint density at radius 2 is 2.12 bits per heavy atom. The Morgan fingerprint density at radius 1 is 1.75 bits per heavy atom. The van der Waals surface area contributed by atoms with E-state index in [4.69, 9.17) is 5.11 Å². The van der Waals surface area contributed by atoms with E-state index in [1.54, 1.807) is 0 Å². The Kier molecular flexibility index (Phi) is 1.89. The lowest BCUT2D eigenvalue weighted by Gasteiger charge is -2.03. The highest BCUT2D eigenvalue weighted by atomic mass is 19.3. The quantitative estimate of drug-likeness (QED) is 0.598. The van der Waals surface area contributed by atoms with E-state index in [0.717, 1.165) is 0 Å². The fourth-order valence-corrected chi connectivity index (χ4v) is 0.266. The van der Waals surface area contributed by atoms with Crippen LogP contribution in [0.4, 0.5) is 8.78 Å². The fourth-order valence-electron chi connectivity index (χ4n) is 0.266. The third kappa shape index (κ3) is 5.33. The SMILES string of the molecule is CC(F)(F)CC(=O)O. The topological polar surface area (TPSA) is 37.3 Å². The Morgan fingerprint density at radius 3 is 2.12 bits per heavy atom. The molecule has 0 amide bonds.